The van der Waals surface area contributed by atoms with Gasteiger partial charge in [-0.2, -0.15) is 0 Å². The maximum absolute atomic E-state index is 11.4. The normalized spacial score (nSPS) is 24.1. The van der Waals surface area contributed by atoms with Crippen LogP contribution in [0.1, 0.15) is 40.0 Å². The Balaban J connectivity index is 1.73. The number of hydrogen-bond acceptors (Lipinski definition) is 3. The lowest BCUT2D eigenvalue weighted by Gasteiger charge is -2.34. The van der Waals surface area contributed by atoms with Gasteiger partial charge in [0.1, 0.15) is 0 Å². The van der Waals surface area contributed by atoms with Crippen molar-refractivity contribution in [2.24, 2.45) is 5.92 Å². The Morgan fingerprint density at radius 3 is 2.35 bits per heavy atom. The average Bonchev–Trinajstić information content (AvgIpc) is 2.65. The first-order valence-electron chi connectivity index (χ1n) is 8.28. The number of hydrogen-bond donors (Lipinski definition) is 0. The summed E-state index contributed by atoms with van der Waals surface area (Å²) in [6.07, 6.45) is 3.67. The molecule has 0 spiro atoms. The van der Waals surface area contributed by atoms with Gasteiger partial charge in [0.25, 0.3) is 0 Å². The maximum atomic E-state index is 11.4. The number of likely N-dealkylation sites (tertiary alicyclic amines) is 1. The van der Waals surface area contributed by atoms with E-state index >= 15 is 0 Å². The fourth-order valence-corrected chi connectivity index (χ4v) is 3.49. The Morgan fingerprint density at radius 1 is 1.05 bits per heavy atom. The minimum absolute atomic E-state index is 0.241. The predicted octanol–water partition coefficient (Wildman–Crippen LogP) is 1.66. The quantitative estimate of drug-likeness (QED) is 0.787. The van der Waals surface area contributed by atoms with E-state index in [1.54, 1.807) is 6.92 Å². The summed E-state index contributed by atoms with van der Waals surface area (Å²) >= 11 is 0. The molecule has 0 unspecified atom stereocenters. The van der Waals surface area contributed by atoms with E-state index in [-0.39, 0.29) is 5.91 Å². The second kappa shape index (κ2) is 7.41. The van der Waals surface area contributed by atoms with Crippen molar-refractivity contribution >= 4 is 5.91 Å². The van der Waals surface area contributed by atoms with Crippen molar-refractivity contribution in [2.75, 3.05) is 45.8 Å². The first-order chi connectivity index (χ1) is 9.56. The minimum Gasteiger partial charge on any atom is -0.343 e. The number of rotatable bonds is 3. The Morgan fingerprint density at radius 2 is 1.75 bits per heavy atom. The van der Waals surface area contributed by atoms with Crippen LogP contribution in [-0.2, 0) is 4.79 Å². The summed E-state index contributed by atoms with van der Waals surface area (Å²) in [5, 5.41) is 0. The van der Waals surface area contributed by atoms with Crippen LogP contribution >= 0.6 is 0 Å². The number of nitrogens with zero attached hydrogens (tertiary/aromatic N) is 3. The summed E-state index contributed by atoms with van der Waals surface area (Å²) in [4.78, 5) is 18.6. The standard InChI is InChI=1S/C16H31N3O/c1-14(2)18-8-4-7-17(11-12-18)13-16-5-9-19(10-6-16)15(3)20/h14,16H,4-13H2,1-3H3. The van der Waals surface area contributed by atoms with E-state index in [1.807, 2.05) is 4.90 Å². The molecule has 0 aromatic heterocycles. The lowest BCUT2D eigenvalue weighted by molar-refractivity contribution is -0.130. The topological polar surface area (TPSA) is 26.8 Å². The van der Waals surface area contributed by atoms with Gasteiger partial charge in [-0.1, -0.05) is 0 Å². The molecule has 0 saturated carbocycles. The molecule has 2 saturated heterocycles. The first-order valence-corrected chi connectivity index (χ1v) is 8.28. The van der Waals surface area contributed by atoms with Gasteiger partial charge in [0.15, 0.2) is 0 Å². The van der Waals surface area contributed by atoms with Crippen LogP contribution in [0, 0.1) is 5.92 Å². The third-order valence-electron chi connectivity index (χ3n) is 4.93. The van der Waals surface area contributed by atoms with E-state index < -0.39 is 0 Å². The first kappa shape index (κ1) is 15.8. The van der Waals surface area contributed by atoms with Gasteiger partial charge in [-0.3, -0.25) is 9.69 Å². The van der Waals surface area contributed by atoms with E-state index in [4.69, 9.17) is 0 Å². The summed E-state index contributed by atoms with van der Waals surface area (Å²) in [6, 6.07) is 0.675. The van der Waals surface area contributed by atoms with Gasteiger partial charge >= 0.3 is 0 Å². The van der Waals surface area contributed by atoms with E-state index in [2.05, 4.69) is 23.6 Å². The van der Waals surface area contributed by atoms with Crippen LogP contribution in [0.15, 0.2) is 0 Å². The molecule has 2 fully saturated rings. The Labute approximate surface area is 124 Å². The van der Waals surface area contributed by atoms with Gasteiger partial charge in [-0.05, 0) is 52.1 Å². The highest BCUT2D eigenvalue weighted by Gasteiger charge is 2.24. The molecule has 0 aromatic carbocycles. The smallest absolute Gasteiger partial charge is 0.219 e. The second-order valence-electron chi connectivity index (χ2n) is 6.73. The van der Waals surface area contributed by atoms with E-state index in [0.717, 1.165) is 19.0 Å². The molecule has 2 aliphatic heterocycles. The Kier molecular flexibility index (Phi) is 5.85. The van der Waals surface area contributed by atoms with Gasteiger partial charge in [0.05, 0.1) is 0 Å². The second-order valence-corrected chi connectivity index (χ2v) is 6.73. The van der Waals surface area contributed by atoms with Gasteiger partial charge in [0, 0.05) is 45.7 Å². The third kappa shape index (κ3) is 4.45. The highest BCUT2D eigenvalue weighted by molar-refractivity contribution is 5.73. The van der Waals surface area contributed by atoms with Crippen LogP contribution < -0.4 is 0 Å². The molecule has 2 aliphatic rings. The summed E-state index contributed by atoms with van der Waals surface area (Å²) in [7, 11) is 0. The minimum atomic E-state index is 0.241. The van der Waals surface area contributed by atoms with Crippen molar-refractivity contribution in [3.8, 4) is 0 Å². The third-order valence-corrected chi connectivity index (χ3v) is 4.93. The van der Waals surface area contributed by atoms with E-state index in [9.17, 15) is 4.79 Å². The maximum Gasteiger partial charge on any atom is 0.219 e. The summed E-state index contributed by atoms with van der Waals surface area (Å²) in [5.74, 6) is 1.03. The predicted molar refractivity (Wildman–Crippen MR) is 82.7 cm³/mol. The number of carbonyl (C=O) groups is 1. The molecule has 20 heavy (non-hydrogen) atoms. The Bertz CT molecular complexity index is 311. The van der Waals surface area contributed by atoms with Gasteiger partial charge in [0.2, 0.25) is 5.91 Å². The molecule has 116 valence electrons. The van der Waals surface area contributed by atoms with Gasteiger partial charge in [-0.25, -0.2) is 0 Å². The highest BCUT2D eigenvalue weighted by Crippen LogP contribution is 2.19. The van der Waals surface area contributed by atoms with Crippen LogP contribution in [0.25, 0.3) is 0 Å². The molecule has 4 nitrogen and oxygen atoms in total. The van der Waals surface area contributed by atoms with Crippen molar-refractivity contribution < 1.29 is 4.79 Å². The fourth-order valence-electron chi connectivity index (χ4n) is 3.49. The number of piperidine rings is 1. The van der Waals surface area contributed by atoms with E-state index in [0.29, 0.717) is 6.04 Å². The van der Waals surface area contributed by atoms with Crippen LogP contribution in [-0.4, -0.2) is 72.5 Å². The highest BCUT2D eigenvalue weighted by atomic mass is 16.2. The van der Waals surface area contributed by atoms with Gasteiger partial charge < -0.3 is 9.80 Å². The molecule has 2 rings (SSSR count). The SMILES string of the molecule is CC(=O)N1CCC(CN2CCCN(C(C)C)CC2)CC1. The number of carbonyl (C=O) groups excluding carboxylic acids is 1. The van der Waals surface area contributed by atoms with Crippen molar-refractivity contribution in [3.05, 3.63) is 0 Å². The lowest BCUT2D eigenvalue weighted by Crippen LogP contribution is -2.41. The Hall–Kier alpha value is -0.610. The zero-order valence-corrected chi connectivity index (χ0v) is 13.5. The van der Waals surface area contributed by atoms with Gasteiger partial charge in [-0.15, -0.1) is 0 Å². The van der Waals surface area contributed by atoms with Crippen molar-refractivity contribution in [3.63, 3.8) is 0 Å². The molecule has 4 heteroatoms. The van der Waals surface area contributed by atoms with Crippen LogP contribution in [0.3, 0.4) is 0 Å². The lowest BCUT2D eigenvalue weighted by atomic mass is 9.96. The summed E-state index contributed by atoms with van der Waals surface area (Å²) in [5.41, 5.74) is 0. The molecular weight excluding hydrogens is 250 g/mol. The summed E-state index contributed by atoms with van der Waals surface area (Å²) < 4.78 is 0. The molecule has 2 heterocycles. The van der Waals surface area contributed by atoms with Crippen molar-refractivity contribution in [1.29, 1.82) is 0 Å². The molecule has 0 N–H and O–H groups in total. The van der Waals surface area contributed by atoms with Crippen LogP contribution in [0.4, 0.5) is 0 Å². The molecule has 0 atom stereocenters. The molecule has 1 amide bonds. The molecule has 0 aromatic rings. The summed E-state index contributed by atoms with van der Waals surface area (Å²) in [6.45, 7) is 14.4. The van der Waals surface area contributed by atoms with E-state index in [1.165, 1.54) is 52.0 Å². The van der Waals surface area contributed by atoms with Crippen LogP contribution in [0.2, 0.25) is 0 Å². The largest absolute Gasteiger partial charge is 0.343 e. The average molecular weight is 281 g/mol. The molecule has 0 bridgehead atoms. The number of amides is 1. The monoisotopic (exact) mass is 281 g/mol. The molecule has 0 radical (unpaired) electrons. The molecular formula is C16H31N3O. The van der Waals surface area contributed by atoms with Crippen molar-refractivity contribution in [1.82, 2.24) is 14.7 Å². The fraction of sp³-hybridized carbons (Fsp3) is 0.938. The van der Waals surface area contributed by atoms with Crippen LogP contribution in [0.5, 0.6) is 0 Å². The zero-order chi connectivity index (χ0) is 14.5. The molecule has 0 aliphatic carbocycles. The van der Waals surface area contributed by atoms with Crippen molar-refractivity contribution in [2.45, 2.75) is 46.1 Å². The zero-order valence-electron chi connectivity index (χ0n) is 13.5.